The van der Waals surface area contributed by atoms with E-state index in [0.29, 0.717) is 19.5 Å². The third-order valence-electron chi connectivity index (χ3n) is 2.92. The van der Waals surface area contributed by atoms with Gasteiger partial charge in [0.25, 0.3) is 5.91 Å². The molecule has 0 bridgehead atoms. The Morgan fingerprint density at radius 1 is 1.55 bits per heavy atom. The van der Waals surface area contributed by atoms with Gasteiger partial charge in [-0.2, -0.15) is 0 Å². The van der Waals surface area contributed by atoms with Crippen molar-refractivity contribution in [3.8, 4) is 0 Å². The van der Waals surface area contributed by atoms with Gasteiger partial charge in [-0.3, -0.25) is 4.79 Å². The van der Waals surface area contributed by atoms with Gasteiger partial charge >= 0.3 is 12.1 Å². The first-order valence-corrected chi connectivity index (χ1v) is 5.85. The van der Waals surface area contributed by atoms with Gasteiger partial charge in [0.15, 0.2) is 5.69 Å². The highest BCUT2D eigenvalue weighted by molar-refractivity contribution is 5.95. The van der Waals surface area contributed by atoms with Crippen molar-refractivity contribution in [1.82, 2.24) is 15.4 Å². The average molecular weight is 283 g/mol. The minimum atomic E-state index is -1.29. The number of likely N-dealkylation sites (tertiary alicyclic amines) is 1. The predicted molar refractivity (Wildman–Crippen MR) is 63.3 cm³/mol. The van der Waals surface area contributed by atoms with Crippen molar-refractivity contribution in [2.75, 3.05) is 20.2 Å². The molecule has 9 nitrogen and oxygen atoms in total. The molecule has 1 fully saturated rings. The Morgan fingerprint density at radius 2 is 2.30 bits per heavy atom. The zero-order valence-electron chi connectivity index (χ0n) is 10.7. The van der Waals surface area contributed by atoms with Crippen molar-refractivity contribution in [2.24, 2.45) is 0 Å². The van der Waals surface area contributed by atoms with Gasteiger partial charge in [0, 0.05) is 19.2 Å². The van der Waals surface area contributed by atoms with Gasteiger partial charge in [-0.1, -0.05) is 5.16 Å². The molecule has 0 saturated carbocycles. The molecule has 0 spiro atoms. The Kier molecular flexibility index (Phi) is 3.87. The van der Waals surface area contributed by atoms with E-state index in [9.17, 15) is 14.4 Å². The van der Waals surface area contributed by atoms with Crippen molar-refractivity contribution in [3.63, 3.8) is 0 Å². The number of rotatable bonds is 3. The number of hydrogen-bond donors (Lipinski definition) is 2. The van der Waals surface area contributed by atoms with E-state index in [1.807, 2.05) is 0 Å². The van der Waals surface area contributed by atoms with E-state index in [1.165, 1.54) is 12.0 Å². The molecule has 1 aliphatic heterocycles. The minimum Gasteiger partial charge on any atom is -0.475 e. The number of aromatic carboxylic acids is 1. The van der Waals surface area contributed by atoms with E-state index in [0.717, 1.165) is 6.07 Å². The van der Waals surface area contributed by atoms with Gasteiger partial charge in [-0.25, -0.2) is 9.59 Å². The molecule has 20 heavy (non-hydrogen) atoms. The molecule has 9 heteroatoms. The summed E-state index contributed by atoms with van der Waals surface area (Å²) >= 11 is 0. The number of nitrogens with zero attached hydrogens (tertiary/aromatic N) is 2. The van der Waals surface area contributed by atoms with E-state index in [1.54, 1.807) is 0 Å². The first kappa shape index (κ1) is 13.8. The van der Waals surface area contributed by atoms with Crippen LogP contribution in [-0.4, -0.2) is 59.4 Å². The van der Waals surface area contributed by atoms with Crippen LogP contribution in [0.4, 0.5) is 4.79 Å². The van der Waals surface area contributed by atoms with Crippen molar-refractivity contribution in [1.29, 1.82) is 0 Å². The number of ether oxygens (including phenoxy) is 1. The molecule has 1 unspecified atom stereocenters. The molecule has 1 aromatic rings. The molecule has 2 heterocycles. The van der Waals surface area contributed by atoms with Crippen molar-refractivity contribution >= 4 is 18.0 Å². The van der Waals surface area contributed by atoms with Crippen molar-refractivity contribution in [3.05, 3.63) is 17.5 Å². The van der Waals surface area contributed by atoms with Crippen LogP contribution in [0.5, 0.6) is 0 Å². The highest BCUT2D eigenvalue weighted by Crippen LogP contribution is 2.14. The number of carboxylic acids is 1. The van der Waals surface area contributed by atoms with Crippen LogP contribution >= 0.6 is 0 Å². The van der Waals surface area contributed by atoms with Crippen LogP contribution in [0.1, 0.15) is 27.5 Å². The van der Waals surface area contributed by atoms with Gasteiger partial charge < -0.3 is 24.6 Å². The van der Waals surface area contributed by atoms with E-state index in [-0.39, 0.29) is 11.7 Å². The number of hydrogen-bond acceptors (Lipinski definition) is 6. The number of alkyl carbamates (subject to hydrolysis) is 1. The summed E-state index contributed by atoms with van der Waals surface area (Å²) in [6, 6.07) is 0.878. The molecule has 0 aliphatic carbocycles. The molecular weight excluding hydrogens is 270 g/mol. The van der Waals surface area contributed by atoms with Crippen LogP contribution in [0, 0.1) is 0 Å². The van der Waals surface area contributed by atoms with Crippen LogP contribution < -0.4 is 5.32 Å². The maximum absolute atomic E-state index is 12.1. The number of methoxy groups -OCH3 is 1. The summed E-state index contributed by atoms with van der Waals surface area (Å²) < 4.78 is 9.00. The zero-order chi connectivity index (χ0) is 14.7. The normalized spacial score (nSPS) is 17.9. The summed E-state index contributed by atoms with van der Waals surface area (Å²) in [5.74, 6) is -2.12. The SMILES string of the molecule is COC(=O)NC1CCN(C(=O)c2cc(C(=O)O)on2)C1. The van der Waals surface area contributed by atoms with Crippen LogP contribution in [0.15, 0.2) is 10.6 Å². The predicted octanol–water partition coefficient (Wildman–Crippen LogP) is -0.0567. The summed E-state index contributed by atoms with van der Waals surface area (Å²) in [7, 11) is 1.26. The van der Waals surface area contributed by atoms with E-state index in [2.05, 4.69) is 19.7 Å². The largest absolute Gasteiger partial charge is 0.475 e. The fourth-order valence-electron chi connectivity index (χ4n) is 1.93. The number of amides is 2. The molecule has 0 aromatic carbocycles. The molecule has 0 radical (unpaired) electrons. The fourth-order valence-corrected chi connectivity index (χ4v) is 1.93. The lowest BCUT2D eigenvalue weighted by Gasteiger charge is -2.15. The lowest BCUT2D eigenvalue weighted by molar-refractivity contribution is 0.0649. The smallest absolute Gasteiger partial charge is 0.407 e. The number of nitrogens with one attached hydrogen (secondary N) is 1. The Bertz CT molecular complexity index is 540. The van der Waals surface area contributed by atoms with Crippen molar-refractivity contribution < 1.29 is 28.8 Å². The summed E-state index contributed by atoms with van der Waals surface area (Å²) in [6.45, 7) is 0.742. The summed E-state index contributed by atoms with van der Waals surface area (Å²) in [4.78, 5) is 35.2. The monoisotopic (exact) mass is 283 g/mol. The third-order valence-corrected chi connectivity index (χ3v) is 2.92. The van der Waals surface area contributed by atoms with E-state index >= 15 is 0 Å². The van der Waals surface area contributed by atoms with Crippen LogP contribution in [0.2, 0.25) is 0 Å². The maximum Gasteiger partial charge on any atom is 0.407 e. The lowest BCUT2D eigenvalue weighted by Crippen LogP contribution is -2.38. The quantitative estimate of drug-likeness (QED) is 0.796. The first-order valence-electron chi connectivity index (χ1n) is 5.85. The zero-order valence-corrected chi connectivity index (χ0v) is 10.7. The summed E-state index contributed by atoms with van der Waals surface area (Å²) in [5, 5.41) is 14.7. The molecular formula is C11H13N3O6. The highest BCUT2D eigenvalue weighted by atomic mass is 16.5. The van der Waals surface area contributed by atoms with Crippen LogP contribution in [0.25, 0.3) is 0 Å². The van der Waals surface area contributed by atoms with Crippen molar-refractivity contribution in [2.45, 2.75) is 12.5 Å². The molecule has 1 aromatic heterocycles. The lowest BCUT2D eigenvalue weighted by atomic mass is 10.3. The number of carbonyl (C=O) groups is 3. The van der Waals surface area contributed by atoms with Crippen LogP contribution in [-0.2, 0) is 4.74 Å². The Labute approximate surface area is 113 Å². The number of aromatic nitrogens is 1. The molecule has 1 aliphatic rings. The van der Waals surface area contributed by atoms with Gasteiger partial charge in [0.05, 0.1) is 13.2 Å². The standard InChI is InChI=1S/C11H13N3O6/c1-19-11(18)12-6-2-3-14(5-6)9(15)7-4-8(10(16)17)20-13-7/h4,6H,2-3,5H2,1H3,(H,12,18)(H,16,17). The maximum atomic E-state index is 12.1. The second kappa shape index (κ2) is 5.59. The van der Waals surface area contributed by atoms with Gasteiger partial charge in [0.2, 0.25) is 5.76 Å². The topological polar surface area (TPSA) is 122 Å². The first-order chi connectivity index (χ1) is 9.51. The second-order valence-corrected chi connectivity index (χ2v) is 4.25. The minimum absolute atomic E-state index is 0.0684. The highest BCUT2D eigenvalue weighted by Gasteiger charge is 2.30. The van der Waals surface area contributed by atoms with Crippen LogP contribution in [0.3, 0.4) is 0 Å². The summed E-state index contributed by atoms with van der Waals surface area (Å²) in [5.41, 5.74) is -0.0684. The molecule has 2 N–H and O–H groups in total. The summed E-state index contributed by atoms with van der Waals surface area (Å²) in [6.07, 6.45) is 0.0312. The van der Waals surface area contributed by atoms with E-state index < -0.39 is 23.7 Å². The molecule has 108 valence electrons. The second-order valence-electron chi connectivity index (χ2n) is 4.25. The molecule has 1 atom stereocenters. The van der Waals surface area contributed by atoms with Gasteiger partial charge in [0.1, 0.15) is 0 Å². The third kappa shape index (κ3) is 2.87. The average Bonchev–Trinajstić information content (AvgIpc) is 3.06. The van der Waals surface area contributed by atoms with E-state index in [4.69, 9.17) is 5.11 Å². The fraction of sp³-hybridized carbons (Fsp3) is 0.455. The Balaban J connectivity index is 1.96. The number of carboxylic acid groups (broad SMARTS) is 1. The Hall–Kier alpha value is -2.58. The molecule has 1 saturated heterocycles. The molecule has 2 amide bonds. The number of carbonyl (C=O) groups excluding carboxylic acids is 2. The Morgan fingerprint density at radius 3 is 2.90 bits per heavy atom. The van der Waals surface area contributed by atoms with Gasteiger partial charge in [-0.15, -0.1) is 0 Å². The molecule has 2 rings (SSSR count). The van der Waals surface area contributed by atoms with Gasteiger partial charge in [-0.05, 0) is 6.42 Å².